The number of hydrogen-bond acceptors (Lipinski definition) is 2. The van der Waals surface area contributed by atoms with Gasteiger partial charge in [0.2, 0.25) is 0 Å². The van der Waals surface area contributed by atoms with Gasteiger partial charge in [0, 0.05) is 0 Å². The molecule has 5 N–H and O–H groups in total. The smallest absolute Gasteiger partial charge is 0.107 e. The van der Waals surface area contributed by atoms with Crippen molar-refractivity contribution >= 4 is 23.2 Å². The highest BCUT2D eigenvalue weighted by Crippen LogP contribution is 1.82. The molecular formula is C4H13Cl2NO2. The molecule has 5 heteroatoms. The number of nitrogens with two attached hydrogens (primary N) is 1. The quantitative estimate of drug-likeness (QED) is 0.412. The van der Waals surface area contributed by atoms with Crippen LogP contribution in [0.1, 0.15) is 13.8 Å². The summed E-state index contributed by atoms with van der Waals surface area (Å²) < 4.78 is 0. The first-order chi connectivity index (χ1) is 3.41. The molecule has 0 aromatic rings. The summed E-state index contributed by atoms with van der Waals surface area (Å²) in [6.07, 6.45) is 0. The number of aliphatic hydroxyl groups is 1. The van der Waals surface area contributed by atoms with Crippen molar-refractivity contribution in [1.29, 1.82) is 0 Å². The highest BCUT2D eigenvalue weighted by atomic mass is 35.5. The summed E-state index contributed by atoms with van der Waals surface area (Å²) >= 11 is 9.53. The minimum atomic E-state index is -1.00. The molecule has 0 heterocycles. The lowest BCUT2D eigenvalue weighted by Gasteiger charge is -2.05. The van der Waals surface area contributed by atoms with Crippen molar-refractivity contribution in [3.05, 3.63) is 0 Å². The molecule has 0 fully saturated rings. The van der Waals surface area contributed by atoms with E-state index < -0.39 is 5.72 Å². The van der Waals surface area contributed by atoms with Crippen molar-refractivity contribution in [3.8, 4) is 0 Å². The summed E-state index contributed by atoms with van der Waals surface area (Å²) in [5.74, 6) is 0. The van der Waals surface area contributed by atoms with Crippen LogP contribution in [-0.2, 0) is 0 Å². The largest absolute Gasteiger partial charge is 0.412 e. The van der Waals surface area contributed by atoms with E-state index in [0.717, 1.165) is 0 Å². The molecule has 3 nitrogen and oxygen atoms in total. The number of halogens is 2. The van der Waals surface area contributed by atoms with Gasteiger partial charge < -0.3 is 16.3 Å². The average molecular weight is 178 g/mol. The fraction of sp³-hybridized carbons (Fsp3) is 1.00. The fourth-order valence-corrected chi connectivity index (χ4v) is 0. The van der Waals surface area contributed by atoms with E-state index >= 15 is 0 Å². The molecule has 0 aliphatic rings. The van der Waals surface area contributed by atoms with Gasteiger partial charge in [0.25, 0.3) is 0 Å². The lowest BCUT2D eigenvalue weighted by Crippen LogP contribution is -2.30. The van der Waals surface area contributed by atoms with E-state index in [2.05, 4.69) is 0 Å². The van der Waals surface area contributed by atoms with Gasteiger partial charge in [-0.1, -0.05) is 0 Å². The Hall–Kier alpha value is 0.460. The van der Waals surface area contributed by atoms with E-state index in [1.165, 1.54) is 13.8 Å². The van der Waals surface area contributed by atoms with E-state index in [0.29, 0.717) is 0 Å². The van der Waals surface area contributed by atoms with Crippen LogP contribution < -0.4 is 5.73 Å². The molecule has 0 saturated heterocycles. The van der Waals surface area contributed by atoms with Gasteiger partial charge >= 0.3 is 0 Å². The first-order valence-corrected chi connectivity index (χ1v) is 3.12. The van der Waals surface area contributed by atoms with E-state index in [4.69, 9.17) is 34.0 Å². The van der Waals surface area contributed by atoms with Gasteiger partial charge in [0.1, 0.15) is 5.72 Å². The highest BCUT2D eigenvalue weighted by Gasteiger charge is 1.98. The second kappa shape index (κ2) is 8.46. The summed E-state index contributed by atoms with van der Waals surface area (Å²) in [6.45, 7) is 3.04. The Bertz CT molecular complexity index is 40.3. The van der Waals surface area contributed by atoms with E-state index in [1.54, 1.807) is 0 Å². The van der Waals surface area contributed by atoms with Crippen LogP contribution >= 0.6 is 23.2 Å². The molecular weight excluding hydrogens is 165 g/mol. The van der Waals surface area contributed by atoms with Crippen molar-refractivity contribution in [1.82, 2.24) is 0 Å². The SMILES string of the molecule is CC(C)(N)O.ClCCl.O. The van der Waals surface area contributed by atoms with Crippen LogP contribution in [0.15, 0.2) is 0 Å². The van der Waals surface area contributed by atoms with E-state index in [-0.39, 0.29) is 10.8 Å². The zero-order valence-corrected chi connectivity index (χ0v) is 7.00. The van der Waals surface area contributed by atoms with Crippen LogP contribution in [0.25, 0.3) is 0 Å². The highest BCUT2D eigenvalue weighted by molar-refractivity contribution is 6.40. The summed E-state index contributed by atoms with van der Waals surface area (Å²) in [5.41, 5.74) is 3.91. The van der Waals surface area contributed by atoms with Crippen LogP contribution in [-0.4, -0.2) is 21.6 Å². The Morgan fingerprint density at radius 2 is 1.44 bits per heavy atom. The van der Waals surface area contributed by atoms with Gasteiger partial charge in [0.15, 0.2) is 0 Å². The maximum Gasteiger partial charge on any atom is 0.107 e. The zero-order chi connectivity index (χ0) is 7.21. The number of rotatable bonds is 0. The molecule has 0 radical (unpaired) electrons. The molecule has 0 spiro atoms. The van der Waals surface area contributed by atoms with Gasteiger partial charge in [-0.15, -0.1) is 23.2 Å². The molecule has 0 aromatic heterocycles. The summed E-state index contributed by atoms with van der Waals surface area (Å²) in [5, 5.41) is 8.49. The van der Waals surface area contributed by atoms with Crippen LogP contribution in [0.2, 0.25) is 0 Å². The van der Waals surface area contributed by atoms with E-state index in [1.807, 2.05) is 0 Å². The van der Waals surface area contributed by atoms with Crippen molar-refractivity contribution in [2.24, 2.45) is 5.73 Å². The topological polar surface area (TPSA) is 77.8 Å². The minimum absolute atomic E-state index is 0. The maximum absolute atomic E-state index is 8.30. The molecule has 0 aromatic carbocycles. The van der Waals surface area contributed by atoms with Gasteiger partial charge in [-0.25, -0.2) is 0 Å². The molecule has 0 amide bonds. The van der Waals surface area contributed by atoms with Gasteiger partial charge in [0.05, 0.1) is 5.34 Å². The molecule has 60 valence electrons. The van der Waals surface area contributed by atoms with Crippen molar-refractivity contribution in [2.45, 2.75) is 19.6 Å². The molecule has 0 unspecified atom stereocenters. The van der Waals surface area contributed by atoms with Crippen LogP contribution in [0.3, 0.4) is 0 Å². The number of alkyl halides is 2. The Morgan fingerprint density at radius 3 is 1.44 bits per heavy atom. The first-order valence-electron chi connectivity index (χ1n) is 2.05. The Labute approximate surface area is 65.1 Å². The summed E-state index contributed by atoms with van der Waals surface area (Å²) in [6, 6.07) is 0. The van der Waals surface area contributed by atoms with Crippen LogP contribution in [0, 0.1) is 0 Å². The molecule has 0 aliphatic carbocycles. The Balaban J connectivity index is -0.0000000800. The lowest BCUT2D eigenvalue weighted by atomic mass is 10.4. The third-order valence-electron chi connectivity index (χ3n) is 0. The lowest BCUT2D eigenvalue weighted by molar-refractivity contribution is 0.0881. The third-order valence-corrected chi connectivity index (χ3v) is 0. The normalized spacial score (nSPS) is 8.67. The number of hydrogen-bond donors (Lipinski definition) is 2. The monoisotopic (exact) mass is 177 g/mol. The molecule has 9 heavy (non-hydrogen) atoms. The standard InChI is InChI=1S/C3H9NO.CH2Cl2.H2O/c1-3(2,4)5;2-1-3;/h5H,4H2,1-2H3;1H2;1H2. The average Bonchev–Trinajstić information content (AvgIpc) is 1.27. The predicted molar refractivity (Wildman–Crippen MR) is 40.7 cm³/mol. The minimum Gasteiger partial charge on any atom is -0.412 e. The summed E-state index contributed by atoms with van der Waals surface area (Å²) in [4.78, 5) is 0. The Morgan fingerprint density at radius 1 is 1.44 bits per heavy atom. The predicted octanol–water partition coefficient (Wildman–Crippen LogP) is 0.270. The van der Waals surface area contributed by atoms with Crippen LogP contribution in [0.4, 0.5) is 0 Å². The molecule has 0 rings (SSSR count). The Kier molecular flexibility index (Phi) is 15.3. The molecule has 0 aliphatic heterocycles. The van der Waals surface area contributed by atoms with Crippen LogP contribution in [0.5, 0.6) is 0 Å². The third kappa shape index (κ3) is 1670. The van der Waals surface area contributed by atoms with E-state index in [9.17, 15) is 0 Å². The van der Waals surface area contributed by atoms with Gasteiger partial charge in [-0.2, -0.15) is 0 Å². The second-order valence-corrected chi connectivity index (χ2v) is 2.56. The van der Waals surface area contributed by atoms with Crippen molar-refractivity contribution in [3.63, 3.8) is 0 Å². The molecule has 0 bridgehead atoms. The van der Waals surface area contributed by atoms with Crippen molar-refractivity contribution in [2.75, 3.05) is 5.34 Å². The first kappa shape index (κ1) is 16.2. The summed E-state index contributed by atoms with van der Waals surface area (Å²) in [7, 11) is 0. The zero-order valence-electron chi connectivity index (χ0n) is 5.49. The maximum atomic E-state index is 8.30. The molecule has 0 atom stereocenters. The van der Waals surface area contributed by atoms with Crippen molar-refractivity contribution < 1.29 is 10.6 Å². The van der Waals surface area contributed by atoms with Gasteiger partial charge in [-0.05, 0) is 13.8 Å². The fourth-order valence-electron chi connectivity index (χ4n) is 0. The molecule has 0 saturated carbocycles. The second-order valence-electron chi connectivity index (χ2n) is 1.75. The van der Waals surface area contributed by atoms with Gasteiger partial charge in [-0.3, -0.25) is 0 Å².